The van der Waals surface area contributed by atoms with Crippen LogP contribution < -0.4 is 15.4 Å². The van der Waals surface area contributed by atoms with Crippen LogP contribution in [0.5, 0.6) is 5.75 Å². The number of benzene rings is 3. The maximum Gasteiger partial charge on any atom is 0.417 e. The number of amides is 2. The van der Waals surface area contributed by atoms with Crippen LogP contribution in [0.25, 0.3) is 5.69 Å². The number of carbonyl (C=O) groups is 1. The molecule has 0 saturated carbocycles. The second-order valence-corrected chi connectivity index (χ2v) is 8.17. The van der Waals surface area contributed by atoms with Crippen LogP contribution in [0.4, 0.5) is 29.3 Å². The highest BCUT2D eigenvalue weighted by atomic mass is 35.5. The van der Waals surface area contributed by atoms with Crippen LogP contribution in [0.1, 0.15) is 23.7 Å². The van der Waals surface area contributed by atoms with Crippen LogP contribution in [-0.4, -0.2) is 21.0 Å². The van der Waals surface area contributed by atoms with Crippen molar-refractivity contribution in [3.63, 3.8) is 0 Å². The standard InChI is InChI=1S/C25H21ClF3N5O2/c1-2-16-5-3-7-20(11-16)34-14-19(32-33-34)15-36-21-8-4-6-17(12-21)30-24(35)31-18-9-10-23(26)22(13-18)25(27,28)29/h3-14H,2,15H2,1H3,(H2,30,31,35). The van der Waals surface area contributed by atoms with Crippen molar-refractivity contribution in [2.45, 2.75) is 26.1 Å². The van der Waals surface area contributed by atoms with Gasteiger partial charge in [-0.3, -0.25) is 0 Å². The zero-order chi connectivity index (χ0) is 25.7. The van der Waals surface area contributed by atoms with E-state index in [1.807, 2.05) is 24.3 Å². The first kappa shape index (κ1) is 25.1. The molecule has 0 fully saturated rings. The first-order valence-corrected chi connectivity index (χ1v) is 11.3. The SMILES string of the molecule is CCc1cccc(-n2cc(COc3cccc(NC(=O)Nc4ccc(Cl)c(C(F)(F)F)c4)c3)nn2)c1. The van der Waals surface area contributed by atoms with Gasteiger partial charge in [-0.25, -0.2) is 9.48 Å². The smallest absolute Gasteiger partial charge is 0.417 e. The summed E-state index contributed by atoms with van der Waals surface area (Å²) >= 11 is 5.61. The molecule has 4 aromatic rings. The summed E-state index contributed by atoms with van der Waals surface area (Å²) in [7, 11) is 0. The third kappa shape index (κ3) is 6.33. The summed E-state index contributed by atoms with van der Waals surface area (Å²) in [5.74, 6) is 0.459. The third-order valence-electron chi connectivity index (χ3n) is 5.13. The summed E-state index contributed by atoms with van der Waals surface area (Å²) in [5.41, 5.74) is 1.99. The summed E-state index contributed by atoms with van der Waals surface area (Å²) in [6.45, 7) is 2.22. The predicted molar refractivity (Wildman–Crippen MR) is 131 cm³/mol. The molecule has 1 aromatic heterocycles. The van der Waals surface area contributed by atoms with E-state index < -0.39 is 22.8 Å². The molecule has 0 atom stereocenters. The third-order valence-corrected chi connectivity index (χ3v) is 5.46. The average molecular weight is 516 g/mol. The maximum absolute atomic E-state index is 13.0. The number of nitrogens with zero attached hydrogens (tertiary/aromatic N) is 3. The lowest BCUT2D eigenvalue weighted by Gasteiger charge is -2.13. The quantitative estimate of drug-likeness (QED) is 0.286. The van der Waals surface area contributed by atoms with Gasteiger partial charge in [-0.05, 0) is 54.4 Å². The Morgan fingerprint density at radius 1 is 1.03 bits per heavy atom. The number of urea groups is 1. The van der Waals surface area contributed by atoms with Gasteiger partial charge in [0.15, 0.2) is 0 Å². The first-order chi connectivity index (χ1) is 17.2. The van der Waals surface area contributed by atoms with Crippen LogP contribution in [0, 0.1) is 0 Å². The molecule has 3 aromatic carbocycles. The number of carbonyl (C=O) groups excluding carboxylic acids is 1. The number of rotatable bonds is 7. The molecule has 186 valence electrons. The molecule has 0 radical (unpaired) electrons. The summed E-state index contributed by atoms with van der Waals surface area (Å²) in [4.78, 5) is 12.3. The normalized spacial score (nSPS) is 11.2. The second kappa shape index (κ2) is 10.7. The fourth-order valence-electron chi connectivity index (χ4n) is 3.34. The van der Waals surface area contributed by atoms with Gasteiger partial charge in [-0.1, -0.05) is 41.9 Å². The molecule has 0 bridgehead atoms. The lowest BCUT2D eigenvalue weighted by Crippen LogP contribution is -2.20. The fourth-order valence-corrected chi connectivity index (χ4v) is 3.57. The molecule has 0 spiro atoms. The molecule has 0 saturated heterocycles. The van der Waals surface area contributed by atoms with E-state index in [4.69, 9.17) is 16.3 Å². The Labute approximate surface area is 209 Å². The summed E-state index contributed by atoms with van der Waals surface area (Å²) in [5, 5.41) is 12.7. The van der Waals surface area contributed by atoms with Gasteiger partial charge in [-0.2, -0.15) is 13.2 Å². The van der Waals surface area contributed by atoms with Crippen molar-refractivity contribution in [1.29, 1.82) is 0 Å². The van der Waals surface area contributed by atoms with Gasteiger partial charge < -0.3 is 15.4 Å². The van der Waals surface area contributed by atoms with Crippen molar-refractivity contribution >= 4 is 29.0 Å². The Kier molecular flexibility index (Phi) is 7.44. The first-order valence-electron chi connectivity index (χ1n) is 10.9. The predicted octanol–water partition coefficient (Wildman–Crippen LogP) is 6.72. The van der Waals surface area contributed by atoms with Crippen molar-refractivity contribution < 1.29 is 22.7 Å². The highest BCUT2D eigenvalue weighted by molar-refractivity contribution is 6.31. The average Bonchev–Trinajstić information content (AvgIpc) is 3.33. The summed E-state index contributed by atoms with van der Waals surface area (Å²) in [6, 6.07) is 16.9. The molecule has 2 N–H and O–H groups in total. The molecular formula is C25H21ClF3N5O2. The summed E-state index contributed by atoms with van der Waals surface area (Å²) in [6.07, 6.45) is -1.96. The molecule has 7 nitrogen and oxygen atoms in total. The lowest BCUT2D eigenvalue weighted by atomic mass is 10.1. The van der Waals surface area contributed by atoms with Crippen molar-refractivity contribution in [2.24, 2.45) is 0 Å². The molecular weight excluding hydrogens is 495 g/mol. The Hall–Kier alpha value is -4.05. The van der Waals surface area contributed by atoms with Crippen LogP contribution in [0.3, 0.4) is 0 Å². The van der Waals surface area contributed by atoms with E-state index in [0.29, 0.717) is 17.1 Å². The zero-order valence-corrected chi connectivity index (χ0v) is 19.8. The van der Waals surface area contributed by atoms with Crippen molar-refractivity contribution in [2.75, 3.05) is 10.6 Å². The van der Waals surface area contributed by atoms with E-state index in [0.717, 1.165) is 24.2 Å². The molecule has 4 rings (SSSR count). The number of hydrogen-bond donors (Lipinski definition) is 2. The highest BCUT2D eigenvalue weighted by Gasteiger charge is 2.33. The Morgan fingerprint density at radius 2 is 1.78 bits per heavy atom. The highest BCUT2D eigenvalue weighted by Crippen LogP contribution is 2.36. The van der Waals surface area contributed by atoms with Gasteiger partial charge in [0.05, 0.1) is 22.5 Å². The van der Waals surface area contributed by atoms with Crippen LogP contribution in [0.2, 0.25) is 5.02 Å². The van der Waals surface area contributed by atoms with E-state index in [2.05, 4.69) is 27.9 Å². The van der Waals surface area contributed by atoms with E-state index in [9.17, 15) is 18.0 Å². The second-order valence-electron chi connectivity index (χ2n) is 7.77. The molecule has 36 heavy (non-hydrogen) atoms. The number of aromatic nitrogens is 3. The van der Waals surface area contributed by atoms with Gasteiger partial charge in [0.25, 0.3) is 0 Å². The van der Waals surface area contributed by atoms with E-state index in [-0.39, 0.29) is 12.3 Å². The van der Waals surface area contributed by atoms with E-state index >= 15 is 0 Å². The number of halogens is 4. The van der Waals surface area contributed by atoms with Crippen LogP contribution in [0.15, 0.2) is 72.9 Å². The maximum atomic E-state index is 13.0. The van der Waals surface area contributed by atoms with Crippen molar-refractivity contribution in [3.05, 3.63) is 94.8 Å². The van der Waals surface area contributed by atoms with Crippen molar-refractivity contribution in [1.82, 2.24) is 15.0 Å². The minimum atomic E-state index is -4.64. The number of anilines is 2. The van der Waals surface area contributed by atoms with E-state index in [1.54, 1.807) is 35.1 Å². The molecule has 0 aliphatic carbocycles. The number of ether oxygens (including phenoxy) is 1. The fraction of sp³-hybridized carbons (Fsp3) is 0.160. The monoisotopic (exact) mass is 515 g/mol. The molecule has 2 amide bonds. The van der Waals surface area contributed by atoms with Gasteiger partial charge in [0, 0.05) is 17.4 Å². The van der Waals surface area contributed by atoms with Gasteiger partial charge in [0.2, 0.25) is 0 Å². The van der Waals surface area contributed by atoms with Crippen molar-refractivity contribution in [3.8, 4) is 11.4 Å². The number of aryl methyl sites for hydroxylation is 1. The number of alkyl halides is 3. The van der Waals surface area contributed by atoms with Gasteiger partial charge >= 0.3 is 12.2 Å². The summed E-state index contributed by atoms with van der Waals surface area (Å²) < 4.78 is 46.5. The largest absolute Gasteiger partial charge is 0.487 e. The van der Waals surface area contributed by atoms with Gasteiger partial charge in [0.1, 0.15) is 18.1 Å². The molecule has 1 heterocycles. The number of nitrogens with one attached hydrogen (secondary N) is 2. The topological polar surface area (TPSA) is 81.1 Å². The Morgan fingerprint density at radius 3 is 2.53 bits per heavy atom. The van der Waals surface area contributed by atoms with E-state index in [1.165, 1.54) is 11.6 Å². The molecule has 0 aliphatic rings. The number of hydrogen-bond acceptors (Lipinski definition) is 4. The minimum Gasteiger partial charge on any atom is -0.487 e. The van der Waals surface area contributed by atoms with Crippen LogP contribution in [-0.2, 0) is 19.2 Å². The van der Waals surface area contributed by atoms with Crippen LogP contribution >= 0.6 is 11.6 Å². The molecule has 0 unspecified atom stereocenters. The Bertz CT molecular complexity index is 1370. The van der Waals surface area contributed by atoms with Gasteiger partial charge in [-0.15, -0.1) is 5.10 Å². The lowest BCUT2D eigenvalue weighted by molar-refractivity contribution is -0.137. The minimum absolute atomic E-state index is 0.0517. The molecule has 0 aliphatic heterocycles. The Balaban J connectivity index is 1.36. The zero-order valence-electron chi connectivity index (χ0n) is 19.0. The molecule has 11 heteroatoms.